The van der Waals surface area contributed by atoms with E-state index < -0.39 is 0 Å². The summed E-state index contributed by atoms with van der Waals surface area (Å²) in [6.45, 7) is 2.49. The van der Waals surface area contributed by atoms with E-state index in [1.54, 1.807) is 0 Å². The second kappa shape index (κ2) is 5.43. The normalized spacial score (nSPS) is 19.7. The lowest BCUT2D eigenvalue weighted by molar-refractivity contribution is 0.0276. The van der Waals surface area contributed by atoms with Gasteiger partial charge < -0.3 is 14.8 Å². The van der Waals surface area contributed by atoms with Crippen molar-refractivity contribution in [2.75, 3.05) is 19.7 Å². The first-order valence-corrected chi connectivity index (χ1v) is 6.56. The molecule has 0 unspecified atom stereocenters. The smallest absolute Gasteiger partial charge is 0.298 e. The lowest BCUT2D eigenvalue weighted by atomic mass is 10.1. The van der Waals surface area contributed by atoms with Gasteiger partial charge in [-0.2, -0.15) is 9.36 Å². The molecule has 94 valence electrons. The van der Waals surface area contributed by atoms with E-state index >= 15 is 0 Å². The number of morpholine rings is 1. The van der Waals surface area contributed by atoms with Gasteiger partial charge in [0.2, 0.25) is 0 Å². The van der Waals surface area contributed by atoms with Crippen LogP contribution in [0.15, 0.2) is 30.6 Å². The Morgan fingerprint density at radius 3 is 3.22 bits per heavy atom. The Balaban J connectivity index is 1.76. The van der Waals surface area contributed by atoms with Gasteiger partial charge in [-0.25, -0.2) is 0 Å². The van der Waals surface area contributed by atoms with Crippen LogP contribution in [0.2, 0.25) is 0 Å². The minimum absolute atomic E-state index is 0.0942. The van der Waals surface area contributed by atoms with E-state index in [9.17, 15) is 0 Å². The monoisotopic (exact) mass is 263 g/mol. The van der Waals surface area contributed by atoms with E-state index in [0.717, 1.165) is 31.0 Å². The first kappa shape index (κ1) is 11.6. The third-order valence-corrected chi connectivity index (χ3v) is 3.25. The largest absolute Gasteiger partial charge is 0.430 e. The average molecular weight is 263 g/mol. The van der Waals surface area contributed by atoms with Crippen molar-refractivity contribution >= 4 is 11.5 Å². The molecule has 2 aromatic rings. The Labute approximate surface area is 109 Å². The third-order valence-electron chi connectivity index (χ3n) is 2.70. The minimum atomic E-state index is 0.0942. The first-order valence-electron chi connectivity index (χ1n) is 5.78. The Kier molecular flexibility index (Phi) is 3.49. The molecule has 0 radical (unpaired) electrons. The van der Waals surface area contributed by atoms with Crippen molar-refractivity contribution in [3.63, 3.8) is 0 Å². The molecular formula is C12H13N3O2S. The minimum Gasteiger partial charge on any atom is -0.430 e. The van der Waals surface area contributed by atoms with Gasteiger partial charge in [0.1, 0.15) is 12.1 Å². The topological polar surface area (TPSA) is 56.3 Å². The molecule has 1 atom stereocenters. The van der Waals surface area contributed by atoms with Crippen molar-refractivity contribution in [1.29, 1.82) is 0 Å². The molecule has 0 amide bonds. The van der Waals surface area contributed by atoms with Crippen molar-refractivity contribution in [2.45, 2.75) is 6.10 Å². The van der Waals surface area contributed by atoms with Gasteiger partial charge in [-0.1, -0.05) is 12.1 Å². The predicted octanol–water partition coefficient (Wildman–Crippen LogP) is 1.99. The number of benzene rings is 1. The highest BCUT2D eigenvalue weighted by atomic mass is 32.1. The van der Waals surface area contributed by atoms with Crippen LogP contribution in [-0.2, 0) is 4.74 Å². The zero-order valence-electron chi connectivity index (χ0n) is 9.70. The molecule has 1 aromatic heterocycles. The van der Waals surface area contributed by atoms with E-state index in [4.69, 9.17) is 9.47 Å². The summed E-state index contributed by atoms with van der Waals surface area (Å²) in [5, 5.41) is 3.86. The second-order valence-electron chi connectivity index (χ2n) is 3.95. The van der Waals surface area contributed by atoms with E-state index in [1.165, 1.54) is 17.9 Å². The second-order valence-corrected chi connectivity index (χ2v) is 4.69. The van der Waals surface area contributed by atoms with Crippen LogP contribution >= 0.6 is 11.5 Å². The van der Waals surface area contributed by atoms with Gasteiger partial charge in [-0.05, 0) is 17.7 Å². The molecule has 18 heavy (non-hydrogen) atoms. The summed E-state index contributed by atoms with van der Waals surface area (Å²) in [4.78, 5) is 4.00. The summed E-state index contributed by atoms with van der Waals surface area (Å²) in [6, 6.07) is 7.90. The van der Waals surface area contributed by atoms with Crippen molar-refractivity contribution in [3.8, 4) is 10.9 Å². The number of aromatic nitrogens is 2. The molecule has 1 aliphatic heterocycles. The molecule has 1 saturated heterocycles. The van der Waals surface area contributed by atoms with Crippen LogP contribution < -0.4 is 10.1 Å². The van der Waals surface area contributed by atoms with E-state index in [0.29, 0.717) is 5.19 Å². The number of nitrogens with one attached hydrogen (secondary N) is 1. The van der Waals surface area contributed by atoms with Crippen LogP contribution in [0.5, 0.6) is 10.9 Å². The SMILES string of the molecule is c1cc(Oc2ncns2)cc([C@@H]2CNCCO2)c1. The Morgan fingerprint density at radius 1 is 1.44 bits per heavy atom. The van der Waals surface area contributed by atoms with Crippen LogP contribution in [0.1, 0.15) is 11.7 Å². The Morgan fingerprint density at radius 2 is 2.44 bits per heavy atom. The summed E-state index contributed by atoms with van der Waals surface area (Å²) < 4.78 is 15.2. The zero-order valence-corrected chi connectivity index (χ0v) is 10.5. The van der Waals surface area contributed by atoms with E-state index in [1.807, 2.05) is 24.3 Å². The van der Waals surface area contributed by atoms with Crippen LogP contribution in [0.3, 0.4) is 0 Å². The molecule has 1 aromatic carbocycles. The molecule has 6 heteroatoms. The number of hydrogen-bond acceptors (Lipinski definition) is 6. The Hall–Kier alpha value is -1.50. The molecule has 5 nitrogen and oxygen atoms in total. The third kappa shape index (κ3) is 2.66. The molecule has 0 aliphatic carbocycles. The molecule has 1 aliphatic rings. The fourth-order valence-electron chi connectivity index (χ4n) is 1.87. The summed E-state index contributed by atoms with van der Waals surface area (Å²) in [5.74, 6) is 0.762. The summed E-state index contributed by atoms with van der Waals surface area (Å²) in [5.41, 5.74) is 1.12. The number of hydrogen-bond donors (Lipinski definition) is 1. The molecule has 2 heterocycles. The van der Waals surface area contributed by atoms with Gasteiger partial charge >= 0.3 is 0 Å². The summed E-state index contributed by atoms with van der Waals surface area (Å²) >= 11 is 1.23. The lowest BCUT2D eigenvalue weighted by Gasteiger charge is -2.24. The maximum atomic E-state index is 5.71. The quantitative estimate of drug-likeness (QED) is 0.917. The molecule has 0 bridgehead atoms. The van der Waals surface area contributed by atoms with Crippen molar-refractivity contribution in [1.82, 2.24) is 14.7 Å². The Bertz CT molecular complexity index is 498. The predicted molar refractivity (Wildman–Crippen MR) is 68.0 cm³/mol. The van der Waals surface area contributed by atoms with Crippen molar-refractivity contribution in [2.24, 2.45) is 0 Å². The van der Waals surface area contributed by atoms with Crippen LogP contribution in [0, 0.1) is 0 Å². The van der Waals surface area contributed by atoms with E-state index in [-0.39, 0.29) is 6.10 Å². The summed E-state index contributed by atoms with van der Waals surface area (Å²) in [7, 11) is 0. The molecule has 1 fully saturated rings. The van der Waals surface area contributed by atoms with Gasteiger partial charge in [-0.3, -0.25) is 0 Å². The van der Waals surface area contributed by atoms with Gasteiger partial charge in [-0.15, -0.1) is 0 Å². The molecule has 0 saturated carbocycles. The van der Waals surface area contributed by atoms with Crippen molar-refractivity contribution in [3.05, 3.63) is 36.2 Å². The van der Waals surface area contributed by atoms with Gasteiger partial charge in [0.15, 0.2) is 0 Å². The first-order chi connectivity index (χ1) is 8.92. The van der Waals surface area contributed by atoms with Crippen molar-refractivity contribution < 1.29 is 9.47 Å². The fourth-order valence-corrected chi connectivity index (χ4v) is 2.28. The highest BCUT2D eigenvalue weighted by Gasteiger charge is 2.16. The van der Waals surface area contributed by atoms with Crippen LogP contribution in [-0.4, -0.2) is 29.1 Å². The standard InChI is InChI=1S/C12H13N3O2S/c1-2-9(11-7-13-4-5-16-11)6-10(3-1)17-12-14-8-15-18-12/h1-3,6,8,11,13H,4-5,7H2/t11-/m0/s1. The lowest BCUT2D eigenvalue weighted by Crippen LogP contribution is -2.33. The number of nitrogens with zero attached hydrogens (tertiary/aromatic N) is 2. The van der Waals surface area contributed by atoms with Gasteiger partial charge in [0, 0.05) is 24.6 Å². The van der Waals surface area contributed by atoms with Gasteiger partial charge in [0.25, 0.3) is 5.19 Å². The highest BCUT2D eigenvalue weighted by molar-refractivity contribution is 7.07. The molecule has 0 spiro atoms. The molecular weight excluding hydrogens is 250 g/mol. The average Bonchev–Trinajstić information content (AvgIpc) is 2.93. The van der Waals surface area contributed by atoms with Gasteiger partial charge in [0.05, 0.1) is 12.7 Å². The van der Waals surface area contributed by atoms with Crippen LogP contribution in [0.25, 0.3) is 0 Å². The van der Waals surface area contributed by atoms with E-state index in [2.05, 4.69) is 14.7 Å². The summed E-state index contributed by atoms with van der Waals surface area (Å²) in [6.07, 6.45) is 1.58. The fraction of sp³-hybridized carbons (Fsp3) is 0.333. The maximum Gasteiger partial charge on any atom is 0.298 e. The van der Waals surface area contributed by atoms with Crippen LogP contribution in [0.4, 0.5) is 0 Å². The maximum absolute atomic E-state index is 5.71. The number of ether oxygens (including phenoxy) is 2. The molecule has 3 rings (SSSR count). The number of rotatable bonds is 3. The molecule has 1 N–H and O–H groups in total. The highest BCUT2D eigenvalue weighted by Crippen LogP contribution is 2.26. The zero-order chi connectivity index (χ0) is 12.2.